The molecule has 0 bridgehead atoms. The van der Waals surface area contributed by atoms with E-state index in [1.54, 1.807) is 0 Å². The monoisotopic (exact) mass is 270 g/mol. The first kappa shape index (κ1) is 16.4. The van der Waals surface area contributed by atoms with Crippen molar-refractivity contribution in [1.82, 2.24) is 10.6 Å². The van der Waals surface area contributed by atoms with E-state index in [1.165, 1.54) is 32.1 Å². The van der Waals surface area contributed by atoms with E-state index in [9.17, 15) is 9.90 Å². The Kier molecular flexibility index (Phi) is 8.07. The van der Waals surface area contributed by atoms with Crippen LogP contribution in [-0.4, -0.2) is 36.8 Å². The molecule has 1 amide bonds. The summed E-state index contributed by atoms with van der Waals surface area (Å²) in [7, 11) is 1.88. The molecule has 19 heavy (non-hydrogen) atoms. The second-order valence-corrected chi connectivity index (χ2v) is 5.76. The molecule has 112 valence electrons. The summed E-state index contributed by atoms with van der Waals surface area (Å²) in [5.74, 6) is 0.665. The number of hydrogen-bond acceptors (Lipinski definition) is 3. The molecule has 3 N–H and O–H groups in total. The maximum atomic E-state index is 11.6. The Morgan fingerprint density at radius 3 is 2.58 bits per heavy atom. The molecule has 1 aliphatic rings. The van der Waals surface area contributed by atoms with Crippen molar-refractivity contribution in [1.29, 1.82) is 0 Å². The average Bonchev–Trinajstić information content (AvgIpc) is 2.43. The lowest BCUT2D eigenvalue weighted by molar-refractivity contribution is -0.123. The number of likely N-dealkylation sites (N-methyl/N-ethyl adjacent to an activating group) is 1. The number of aliphatic hydroxyl groups is 1. The highest BCUT2D eigenvalue weighted by Gasteiger charge is 2.24. The van der Waals surface area contributed by atoms with E-state index in [0.29, 0.717) is 12.5 Å². The molecule has 0 spiro atoms. The van der Waals surface area contributed by atoms with Crippen molar-refractivity contribution >= 4 is 5.91 Å². The van der Waals surface area contributed by atoms with Gasteiger partial charge in [0.2, 0.25) is 5.91 Å². The van der Waals surface area contributed by atoms with Crippen molar-refractivity contribution in [3.63, 3.8) is 0 Å². The molecule has 0 aromatic heterocycles. The summed E-state index contributed by atoms with van der Waals surface area (Å²) in [4.78, 5) is 11.6. The minimum atomic E-state index is -0.580. The Balaban J connectivity index is 2.33. The number of nitrogens with one attached hydrogen (secondary N) is 2. The molecular formula is C15H30N2O2. The van der Waals surface area contributed by atoms with Gasteiger partial charge in [0, 0.05) is 12.6 Å². The van der Waals surface area contributed by atoms with Gasteiger partial charge in [-0.05, 0) is 25.8 Å². The van der Waals surface area contributed by atoms with Crippen molar-refractivity contribution in [3.8, 4) is 0 Å². The van der Waals surface area contributed by atoms with Crippen LogP contribution >= 0.6 is 0 Å². The highest BCUT2D eigenvalue weighted by molar-refractivity contribution is 5.76. The van der Waals surface area contributed by atoms with Crippen LogP contribution in [0.2, 0.25) is 0 Å². The van der Waals surface area contributed by atoms with Crippen molar-refractivity contribution in [2.75, 3.05) is 13.6 Å². The first-order valence-electron chi connectivity index (χ1n) is 7.79. The van der Waals surface area contributed by atoms with E-state index in [-0.39, 0.29) is 18.4 Å². The molecule has 4 heteroatoms. The van der Waals surface area contributed by atoms with Crippen LogP contribution in [0.4, 0.5) is 0 Å². The molecule has 1 rings (SSSR count). The van der Waals surface area contributed by atoms with Gasteiger partial charge in [-0.25, -0.2) is 0 Å². The Morgan fingerprint density at radius 1 is 1.32 bits per heavy atom. The quantitative estimate of drug-likeness (QED) is 0.630. The van der Waals surface area contributed by atoms with E-state index < -0.39 is 6.10 Å². The van der Waals surface area contributed by atoms with E-state index in [2.05, 4.69) is 10.6 Å². The van der Waals surface area contributed by atoms with E-state index in [1.807, 2.05) is 14.0 Å². The molecule has 1 aliphatic carbocycles. The van der Waals surface area contributed by atoms with Gasteiger partial charge in [-0.2, -0.15) is 0 Å². The fraction of sp³-hybridized carbons (Fsp3) is 0.933. The predicted octanol–water partition coefficient (Wildman–Crippen LogP) is 1.82. The molecule has 1 fully saturated rings. The van der Waals surface area contributed by atoms with Crippen molar-refractivity contribution in [2.24, 2.45) is 5.92 Å². The van der Waals surface area contributed by atoms with E-state index >= 15 is 0 Å². The number of aliphatic hydroxyl groups excluding tert-OH is 1. The van der Waals surface area contributed by atoms with Gasteiger partial charge in [0.25, 0.3) is 0 Å². The lowest BCUT2D eigenvalue weighted by Crippen LogP contribution is -2.42. The summed E-state index contributed by atoms with van der Waals surface area (Å²) in [5, 5.41) is 16.2. The van der Waals surface area contributed by atoms with Crippen molar-refractivity contribution < 1.29 is 9.90 Å². The summed E-state index contributed by atoms with van der Waals surface area (Å²) in [6.45, 7) is 2.72. The third-order valence-electron chi connectivity index (χ3n) is 4.11. The molecule has 0 radical (unpaired) electrons. The normalized spacial score (nSPS) is 19.9. The minimum Gasteiger partial charge on any atom is -0.391 e. The number of carbonyl (C=O) groups excluding carboxylic acids is 1. The Labute approximate surface area is 117 Å². The molecule has 1 saturated carbocycles. The fourth-order valence-electron chi connectivity index (χ4n) is 2.92. The molecule has 0 aromatic rings. The summed E-state index contributed by atoms with van der Waals surface area (Å²) in [6.07, 6.45) is 8.06. The molecule has 0 aromatic carbocycles. The van der Waals surface area contributed by atoms with Gasteiger partial charge in [-0.15, -0.1) is 0 Å². The standard InChI is InChI=1S/C15H30N2O2/c1-3-9-17-15(19)11-14(18)13(16-2)10-12-7-5-4-6-8-12/h12-14,16,18H,3-11H2,1-2H3,(H,17,19)/t13-,14-/m0/s1. The van der Waals surface area contributed by atoms with Crippen LogP contribution in [0, 0.1) is 5.92 Å². The smallest absolute Gasteiger partial charge is 0.222 e. The van der Waals surface area contributed by atoms with Gasteiger partial charge in [0.1, 0.15) is 0 Å². The zero-order valence-electron chi connectivity index (χ0n) is 12.5. The minimum absolute atomic E-state index is 0.0375. The van der Waals surface area contributed by atoms with Crippen LogP contribution in [0.3, 0.4) is 0 Å². The number of carbonyl (C=O) groups is 1. The van der Waals surface area contributed by atoms with Crippen LogP contribution in [0.1, 0.15) is 58.3 Å². The molecule has 2 atom stereocenters. The largest absolute Gasteiger partial charge is 0.391 e. The number of rotatable bonds is 8. The average molecular weight is 270 g/mol. The van der Waals surface area contributed by atoms with Crippen LogP contribution in [-0.2, 0) is 4.79 Å². The first-order valence-corrected chi connectivity index (χ1v) is 7.79. The first-order chi connectivity index (χ1) is 9.17. The van der Waals surface area contributed by atoms with Gasteiger partial charge in [0.15, 0.2) is 0 Å². The van der Waals surface area contributed by atoms with Crippen LogP contribution in [0.25, 0.3) is 0 Å². The third kappa shape index (κ3) is 6.39. The van der Waals surface area contributed by atoms with Crippen LogP contribution in [0.15, 0.2) is 0 Å². The highest BCUT2D eigenvalue weighted by atomic mass is 16.3. The van der Waals surface area contributed by atoms with Crippen molar-refractivity contribution in [3.05, 3.63) is 0 Å². The molecule has 4 nitrogen and oxygen atoms in total. The Bertz CT molecular complexity index is 253. The lowest BCUT2D eigenvalue weighted by atomic mass is 9.83. The van der Waals surface area contributed by atoms with Crippen molar-refractivity contribution in [2.45, 2.75) is 70.4 Å². The predicted molar refractivity (Wildman–Crippen MR) is 78.0 cm³/mol. The van der Waals surface area contributed by atoms with Crippen LogP contribution < -0.4 is 10.6 Å². The van der Waals surface area contributed by atoms with Gasteiger partial charge in [-0.3, -0.25) is 4.79 Å². The fourth-order valence-corrected chi connectivity index (χ4v) is 2.92. The van der Waals surface area contributed by atoms with E-state index in [0.717, 1.165) is 12.8 Å². The molecule has 0 aliphatic heterocycles. The lowest BCUT2D eigenvalue weighted by Gasteiger charge is -2.29. The Hall–Kier alpha value is -0.610. The van der Waals surface area contributed by atoms with Gasteiger partial charge in [-0.1, -0.05) is 39.0 Å². The second-order valence-electron chi connectivity index (χ2n) is 5.76. The third-order valence-corrected chi connectivity index (χ3v) is 4.11. The van der Waals surface area contributed by atoms with Gasteiger partial charge >= 0.3 is 0 Å². The summed E-state index contributed by atoms with van der Waals surface area (Å²) < 4.78 is 0. The number of amides is 1. The molecule has 0 heterocycles. The summed E-state index contributed by atoms with van der Waals surface area (Å²) in [5.41, 5.74) is 0. The van der Waals surface area contributed by atoms with E-state index in [4.69, 9.17) is 0 Å². The van der Waals surface area contributed by atoms with Gasteiger partial charge in [0.05, 0.1) is 12.5 Å². The van der Waals surface area contributed by atoms with Gasteiger partial charge < -0.3 is 15.7 Å². The topological polar surface area (TPSA) is 61.4 Å². The maximum Gasteiger partial charge on any atom is 0.222 e. The summed E-state index contributed by atoms with van der Waals surface area (Å²) >= 11 is 0. The highest BCUT2D eigenvalue weighted by Crippen LogP contribution is 2.28. The Morgan fingerprint density at radius 2 is 2.00 bits per heavy atom. The zero-order chi connectivity index (χ0) is 14.1. The SMILES string of the molecule is CCCNC(=O)C[C@H](O)[C@H](CC1CCCCC1)NC. The molecule has 0 saturated heterocycles. The number of hydrogen-bond donors (Lipinski definition) is 3. The maximum absolute atomic E-state index is 11.6. The second kappa shape index (κ2) is 9.32. The zero-order valence-corrected chi connectivity index (χ0v) is 12.5. The van der Waals surface area contributed by atoms with Crippen LogP contribution in [0.5, 0.6) is 0 Å². The summed E-state index contributed by atoms with van der Waals surface area (Å²) in [6, 6.07) is 0.0375. The molecule has 0 unspecified atom stereocenters. The molecular weight excluding hydrogens is 240 g/mol.